The van der Waals surface area contributed by atoms with Crippen LogP contribution in [0.25, 0.3) is 0 Å². The number of rotatable bonds is 1. The Kier molecular flexibility index (Phi) is 2.51. The molecule has 1 aromatic carbocycles. The molecule has 0 aliphatic carbocycles. The number of phenols is 1. The molecule has 0 fully saturated rings. The van der Waals surface area contributed by atoms with Gasteiger partial charge in [-0.15, -0.1) is 0 Å². The Morgan fingerprint density at radius 3 is 2.54 bits per heavy atom. The number of hydrogen-bond donors (Lipinski definition) is 1. The van der Waals surface area contributed by atoms with Crippen molar-refractivity contribution in [1.29, 1.82) is 0 Å². The predicted octanol–water partition coefficient (Wildman–Crippen LogP) is 1.23. The van der Waals surface area contributed by atoms with E-state index in [-0.39, 0.29) is 11.3 Å². The molecule has 0 spiro atoms. The second-order valence-electron chi connectivity index (χ2n) is 2.83. The molecular formula is C9H10FNO2. The van der Waals surface area contributed by atoms with Gasteiger partial charge in [-0.2, -0.15) is 0 Å². The highest BCUT2D eigenvalue weighted by Crippen LogP contribution is 2.20. The summed E-state index contributed by atoms with van der Waals surface area (Å²) in [5, 5.41) is 9.22. The summed E-state index contributed by atoms with van der Waals surface area (Å²) in [7, 11) is 2.99. The van der Waals surface area contributed by atoms with Gasteiger partial charge in [0, 0.05) is 14.1 Å². The molecule has 1 amide bonds. The Labute approximate surface area is 75.4 Å². The molecule has 1 rings (SSSR count). The van der Waals surface area contributed by atoms with Crippen LogP contribution in [-0.4, -0.2) is 30.0 Å². The number of aromatic hydroxyl groups is 1. The topological polar surface area (TPSA) is 40.5 Å². The van der Waals surface area contributed by atoms with E-state index in [0.717, 1.165) is 6.07 Å². The number of hydrogen-bond acceptors (Lipinski definition) is 2. The zero-order chi connectivity index (χ0) is 10.0. The number of carbonyl (C=O) groups excluding carboxylic acids is 1. The minimum atomic E-state index is -0.710. The van der Waals surface area contributed by atoms with Gasteiger partial charge in [-0.1, -0.05) is 6.07 Å². The molecule has 0 unspecified atom stereocenters. The van der Waals surface area contributed by atoms with Crippen molar-refractivity contribution in [1.82, 2.24) is 4.90 Å². The van der Waals surface area contributed by atoms with E-state index in [1.165, 1.54) is 31.1 Å². The van der Waals surface area contributed by atoms with Gasteiger partial charge in [0.05, 0.1) is 0 Å². The smallest absolute Gasteiger partial charge is 0.260 e. The number of benzene rings is 1. The molecule has 0 aliphatic rings. The van der Waals surface area contributed by atoms with Gasteiger partial charge in [-0.3, -0.25) is 4.79 Å². The highest BCUT2D eigenvalue weighted by atomic mass is 19.1. The van der Waals surface area contributed by atoms with E-state index in [2.05, 4.69) is 0 Å². The zero-order valence-corrected chi connectivity index (χ0v) is 7.41. The van der Waals surface area contributed by atoms with Crippen LogP contribution in [0.15, 0.2) is 18.2 Å². The van der Waals surface area contributed by atoms with E-state index in [4.69, 9.17) is 0 Å². The quantitative estimate of drug-likeness (QED) is 0.711. The molecule has 0 aromatic heterocycles. The average Bonchev–Trinajstić information content (AvgIpc) is 2.03. The lowest BCUT2D eigenvalue weighted by Crippen LogP contribution is -2.22. The molecule has 13 heavy (non-hydrogen) atoms. The van der Waals surface area contributed by atoms with Crippen LogP contribution in [0.1, 0.15) is 10.4 Å². The Morgan fingerprint density at radius 1 is 1.46 bits per heavy atom. The number of carbonyl (C=O) groups is 1. The van der Waals surface area contributed by atoms with E-state index >= 15 is 0 Å². The van der Waals surface area contributed by atoms with Gasteiger partial charge in [0.2, 0.25) is 0 Å². The Morgan fingerprint density at radius 2 is 2.08 bits per heavy atom. The van der Waals surface area contributed by atoms with Crippen molar-refractivity contribution in [3.63, 3.8) is 0 Å². The van der Waals surface area contributed by atoms with Gasteiger partial charge >= 0.3 is 0 Å². The van der Waals surface area contributed by atoms with Gasteiger partial charge < -0.3 is 10.0 Å². The van der Waals surface area contributed by atoms with E-state index in [1.54, 1.807) is 0 Å². The molecule has 1 aromatic rings. The van der Waals surface area contributed by atoms with Crippen LogP contribution in [0.4, 0.5) is 4.39 Å². The summed E-state index contributed by atoms with van der Waals surface area (Å²) in [5.41, 5.74) is -0.285. The highest BCUT2D eigenvalue weighted by Gasteiger charge is 2.17. The first-order valence-corrected chi connectivity index (χ1v) is 3.73. The second kappa shape index (κ2) is 3.43. The van der Waals surface area contributed by atoms with Crippen LogP contribution in [0.3, 0.4) is 0 Å². The highest BCUT2D eigenvalue weighted by molar-refractivity contribution is 5.96. The standard InChI is InChI=1S/C9H10FNO2/c1-11(2)9(13)8-6(10)4-3-5-7(8)12/h3-5,12H,1-2H3. The first-order valence-electron chi connectivity index (χ1n) is 3.73. The van der Waals surface area contributed by atoms with Crippen molar-refractivity contribution in [2.75, 3.05) is 14.1 Å². The fraction of sp³-hybridized carbons (Fsp3) is 0.222. The molecule has 0 heterocycles. The minimum Gasteiger partial charge on any atom is -0.507 e. The zero-order valence-electron chi connectivity index (χ0n) is 7.41. The summed E-state index contributed by atoms with van der Waals surface area (Å²) in [4.78, 5) is 12.5. The van der Waals surface area contributed by atoms with Gasteiger partial charge in [0.15, 0.2) is 0 Å². The normalized spacial score (nSPS) is 9.77. The maximum Gasteiger partial charge on any atom is 0.260 e. The molecule has 3 nitrogen and oxygen atoms in total. The summed E-state index contributed by atoms with van der Waals surface area (Å²) < 4.78 is 13.1. The molecule has 0 radical (unpaired) electrons. The fourth-order valence-electron chi connectivity index (χ4n) is 0.948. The molecule has 0 saturated heterocycles. The Hall–Kier alpha value is -1.58. The van der Waals surface area contributed by atoms with Gasteiger partial charge in [-0.25, -0.2) is 4.39 Å². The fourth-order valence-corrected chi connectivity index (χ4v) is 0.948. The summed E-state index contributed by atoms with van der Waals surface area (Å²) in [6.45, 7) is 0. The molecule has 0 bridgehead atoms. The van der Waals surface area contributed by atoms with Crippen LogP contribution >= 0.6 is 0 Å². The van der Waals surface area contributed by atoms with Crippen molar-refractivity contribution in [2.45, 2.75) is 0 Å². The second-order valence-corrected chi connectivity index (χ2v) is 2.83. The number of nitrogens with zero attached hydrogens (tertiary/aromatic N) is 1. The summed E-state index contributed by atoms with van der Waals surface area (Å²) in [5.74, 6) is -1.59. The van der Waals surface area contributed by atoms with Crippen molar-refractivity contribution in [2.24, 2.45) is 0 Å². The molecule has 0 aliphatic heterocycles. The summed E-state index contributed by atoms with van der Waals surface area (Å²) >= 11 is 0. The van der Waals surface area contributed by atoms with Crippen molar-refractivity contribution in [3.05, 3.63) is 29.6 Å². The van der Waals surface area contributed by atoms with E-state index in [9.17, 15) is 14.3 Å². The molecule has 0 saturated carbocycles. The van der Waals surface area contributed by atoms with Gasteiger partial charge in [-0.05, 0) is 12.1 Å². The molecule has 0 atom stereocenters. The van der Waals surface area contributed by atoms with E-state index in [1.807, 2.05) is 0 Å². The van der Waals surface area contributed by atoms with Crippen LogP contribution in [-0.2, 0) is 0 Å². The van der Waals surface area contributed by atoms with Crippen molar-refractivity contribution < 1.29 is 14.3 Å². The first-order chi connectivity index (χ1) is 6.04. The number of halogens is 1. The molecule has 1 N–H and O–H groups in total. The third-order valence-electron chi connectivity index (χ3n) is 1.61. The predicted molar refractivity (Wildman–Crippen MR) is 46.1 cm³/mol. The van der Waals surface area contributed by atoms with Gasteiger partial charge in [0.1, 0.15) is 17.1 Å². The number of phenolic OH excluding ortho intramolecular Hbond substituents is 1. The minimum absolute atomic E-state index is 0.285. The Balaban J connectivity index is 3.20. The van der Waals surface area contributed by atoms with Crippen LogP contribution in [0.5, 0.6) is 5.75 Å². The van der Waals surface area contributed by atoms with E-state index in [0.29, 0.717) is 0 Å². The van der Waals surface area contributed by atoms with Crippen LogP contribution in [0, 0.1) is 5.82 Å². The third kappa shape index (κ3) is 1.77. The number of amides is 1. The van der Waals surface area contributed by atoms with Crippen molar-refractivity contribution in [3.8, 4) is 5.75 Å². The third-order valence-corrected chi connectivity index (χ3v) is 1.61. The lowest BCUT2D eigenvalue weighted by Gasteiger charge is -2.11. The largest absolute Gasteiger partial charge is 0.507 e. The average molecular weight is 183 g/mol. The maximum atomic E-state index is 13.1. The lowest BCUT2D eigenvalue weighted by atomic mass is 10.1. The SMILES string of the molecule is CN(C)C(=O)c1c(O)cccc1F. The lowest BCUT2D eigenvalue weighted by molar-refractivity contribution is 0.0820. The first kappa shape index (κ1) is 9.51. The molecule has 70 valence electrons. The van der Waals surface area contributed by atoms with Crippen LogP contribution < -0.4 is 0 Å². The Bertz CT molecular complexity index is 316. The van der Waals surface area contributed by atoms with Gasteiger partial charge in [0.25, 0.3) is 5.91 Å². The summed E-state index contributed by atoms with van der Waals surface area (Å²) in [6, 6.07) is 3.76. The maximum absolute atomic E-state index is 13.1. The molecular weight excluding hydrogens is 173 g/mol. The summed E-state index contributed by atoms with van der Waals surface area (Å²) in [6.07, 6.45) is 0. The van der Waals surface area contributed by atoms with E-state index < -0.39 is 11.7 Å². The monoisotopic (exact) mass is 183 g/mol. The molecule has 4 heteroatoms. The van der Waals surface area contributed by atoms with Crippen molar-refractivity contribution >= 4 is 5.91 Å². The van der Waals surface area contributed by atoms with Crippen LogP contribution in [0.2, 0.25) is 0 Å².